The van der Waals surface area contributed by atoms with Crippen molar-refractivity contribution in [2.45, 2.75) is 31.3 Å². The minimum atomic E-state index is -0.796. The molecule has 3 aromatic rings. The number of carbonyl (C=O) groups is 1. The van der Waals surface area contributed by atoms with Crippen molar-refractivity contribution in [3.63, 3.8) is 0 Å². The van der Waals surface area contributed by atoms with Crippen molar-refractivity contribution >= 4 is 24.0 Å². The lowest BCUT2D eigenvalue weighted by Crippen LogP contribution is -2.57. The Bertz CT molecular complexity index is 1190. The van der Waals surface area contributed by atoms with E-state index in [0.29, 0.717) is 18.4 Å². The van der Waals surface area contributed by atoms with Gasteiger partial charge in [-0.25, -0.2) is 23.3 Å². The molecule has 1 aliphatic heterocycles. The largest absolute Gasteiger partial charge is 0.417 e. The van der Waals surface area contributed by atoms with Crippen molar-refractivity contribution in [3.8, 4) is 17.6 Å². The summed E-state index contributed by atoms with van der Waals surface area (Å²) < 4.78 is 51.3. The fourth-order valence-electron chi connectivity index (χ4n) is 4.10. The first-order chi connectivity index (χ1) is 16.0. The SMILES string of the molecule is CNSNc1nccc(CN2C(=O)Oc3cc(Oc4ncco4)c(F)cc3C23CCC3)c1F. The number of halogens is 2. The number of rotatable bonds is 7. The lowest BCUT2D eigenvalue weighted by atomic mass is 9.69. The van der Waals surface area contributed by atoms with Gasteiger partial charge in [-0.3, -0.25) is 9.62 Å². The van der Waals surface area contributed by atoms with Crippen molar-refractivity contribution in [1.29, 1.82) is 0 Å². The molecule has 1 amide bonds. The number of hydrogen-bond acceptors (Lipinski definition) is 9. The molecule has 0 bridgehead atoms. The maximum Gasteiger partial charge on any atom is 0.416 e. The number of ether oxygens (including phenoxy) is 2. The molecule has 1 aliphatic carbocycles. The van der Waals surface area contributed by atoms with Gasteiger partial charge in [-0.05, 0) is 38.4 Å². The van der Waals surface area contributed by atoms with Gasteiger partial charge in [0.15, 0.2) is 23.2 Å². The van der Waals surface area contributed by atoms with Crippen LogP contribution in [0, 0.1) is 11.6 Å². The van der Waals surface area contributed by atoms with Crippen LogP contribution < -0.4 is 18.9 Å². The lowest BCUT2D eigenvalue weighted by molar-refractivity contribution is 0.000784. The normalized spacial score (nSPS) is 16.2. The predicted octanol–water partition coefficient (Wildman–Crippen LogP) is 4.73. The van der Waals surface area contributed by atoms with Crippen LogP contribution in [0.15, 0.2) is 41.3 Å². The molecule has 33 heavy (non-hydrogen) atoms. The van der Waals surface area contributed by atoms with E-state index in [-0.39, 0.29) is 35.5 Å². The molecule has 5 rings (SSSR count). The first-order valence-electron chi connectivity index (χ1n) is 10.1. The first kappa shape index (κ1) is 21.5. The summed E-state index contributed by atoms with van der Waals surface area (Å²) in [5.74, 6) is -1.16. The van der Waals surface area contributed by atoms with Gasteiger partial charge in [0.25, 0.3) is 0 Å². The van der Waals surface area contributed by atoms with Gasteiger partial charge >= 0.3 is 12.2 Å². The number of oxazole rings is 1. The monoisotopic (exact) mass is 475 g/mol. The van der Waals surface area contributed by atoms with Gasteiger partial charge in [-0.15, -0.1) is 0 Å². The van der Waals surface area contributed by atoms with E-state index in [1.54, 1.807) is 7.05 Å². The van der Waals surface area contributed by atoms with E-state index >= 15 is 4.39 Å². The molecule has 2 aliphatic rings. The number of aromatic nitrogens is 2. The Hall–Kier alpha value is -3.38. The number of nitrogens with zero attached hydrogens (tertiary/aromatic N) is 3. The number of hydrogen-bond donors (Lipinski definition) is 2. The second-order valence-corrected chi connectivity index (χ2v) is 8.38. The van der Waals surface area contributed by atoms with E-state index in [4.69, 9.17) is 13.9 Å². The molecule has 12 heteroatoms. The van der Waals surface area contributed by atoms with Gasteiger partial charge < -0.3 is 13.9 Å². The number of amides is 1. The zero-order chi connectivity index (χ0) is 23.0. The molecule has 172 valence electrons. The smallest absolute Gasteiger partial charge is 0.416 e. The molecular formula is C21H19F2N5O4S. The molecule has 0 radical (unpaired) electrons. The van der Waals surface area contributed by atoms with Crippen LogP contribution in [-0.4, -0.2) is 28.0 Å². The molecule has 1 aromatic carbocycles. The van der Waals surface area contributed by atoms with Crippen LogP contribution in [0.25, 0.3) is 0 Å². The highest BCUT2D eigenvalue weighted by molar-refractivity contribution is 7.98. The van der Waals surface area contributed by atoms with E-state index in [2.05, 4.69) is 19.4 Å². The topological polar surface area (TPSA) is 102 Å². The molecule has 0 saturated heterocycles. The maximum atomic E-state index is 15.0. The van der Waals surface area contributed by atoms with Crippen LogP contribution in [0.1, 0.15) is 30.4 Å². The van der Waals surface area contributed by atoms with E-state index in [9.17, 15) is 9.18 Å². The van der Waals surface area contributed by atoms with Crippen LogP contribution in [0.5, 0.6) is 17.6 Å². The van der Waals surface area contributed by atoms with E-state index in [0.717, 1.165) is 18.6 Å². The van der Waals surface area contributed by atoms with Gasteiger partial charge in [-0.2, -0.15) is 4.98 Å². The molecule has 1 saturated carbocycles. The van der Waals surface area contributed by atoms with Gasteiger partial charge in [0.05, 0.1) is 18.3 Å². The highest BCUT2D eigenvalue weighted by Crippen LogP contribution is 2.54. The zero-order valence-electron chi connectivity index (χ0n) is 17.4. The Morgan fingerprint density at radius 1 is 1.27 bits per heavy atom. The van der Waals surface area contributed by atoms with Gasteiger partial charge in [-0.1, -0.05) is 0 Å². The van der Waals surface area contributed by atoms with Crippen LogP contribution in [0.4, 0.5) is 19.4 Å². The molecule has 0 atom stereocenters. The van der Waals surface area contributed by atoms with Crippen LogP contribution >= 0.6 is 12.1 Å². The summed E-state index contributed by atoms with van der Waals surface area (Å²) in [5.41, 5.74) is -0.0138. The fourth-order valence-corrected chi connectivity index (χ4v) is 4.44. The molecule has 9 nitrogen and oxygen atoms in total. The van der Waals surface area contributed by atoms with Gasteiger partial charge in [0, 0.05) is 35.5 Å². The minimum Gasteiger partial charge on any atom is -0.417 e. The van der Waals surface area contributed by atoms with Crippen molar-refractivity contribution in [2.75, 3.05) is 11.8 Å². The van der Waals surface area contributed by atoms with Crippen molar-refractivity contribution in [2.24, 2.45) is 0 Å². The number of carbonyl (C=O) groups excluding carboxylic acids is 1. The predicted molar refractivity (Wildman–Crippen MR) is 115 cm³/mol. The minimum absolute atomic E-state index is 0.0413. The third kappa shape index (κ3) is 3.74. The summed E-state index contributed by atoms with van der Waals surface area (Å²) in [6.45, 7) is -0.0539. The number of benzene rings is 1. The number of nitrogens with one attached hydrogen (secondary N) is 2. The zero-order valence-corrected chi connectivity index (χ0v) is 18.2. The third-order valence-corrected chi connectivity index (χ3v) is 6.30. The first-order valence-corrected chi connectivity index (χ1v) is 11.0. The summed E-state index contributed by atoms with van der Waals surface area (Å²) in [7, 11) is 1.68. The Balaban J connectivity index is 1.48. The standard InChI is InChI=1S/C21H19F2N5O4S/c1-24-33-27-18-17(23)12(3-6-25-18)11-28-20(29)32-15-10-16(31-19-26-7-8-30-19)14(22)9-13(15)21(28)4-2-5-21/h3,6-10,24H,2,4-5,11H2,1H3,(H,25,27). The summed E-state index contributed by atoms with van der Waals surface area (Å²) in [6, 6.07) is 4.12. The number of fused-ring (bicyclic) bond motifs is 2. The molecular weight excluding hydrogens is 456 g/mol. The second-order valence-electron chi connectivity index (χ2n) is 7.56. The van der Waals surface area contributed by atoms with Gasteiger partial charge in [0.1, 0.15) is 12.0 Å². The Morgan fingerprint density at radius 2 is 2.12 bits per heavy atom. The van der Waals surface area contributed by atoms with Crippen molar-refractivity contribution in [1.82, 2.24) is 19.6 Å². The summed E-state index contributed by atoms with van der Waals surface area (Å²) >= 11 is 1.07. The quantitative estimate of drug-likeness (QED) is 0.470. The summed E-state index contributed by atoms with van der Waals surface area (Å²) in [6.07, 6.45) is 5.37. The Morgan fingerprint density at radius 3 is 2.82 bits per heavy atom. The molecule has 2 aromatic heterocycles. The lowest BCUT2D eigenvalue weighted by Gasteiger charge is -2.52. The van der Waals surface area contributed by atoms with E-state index in [1.165, 1.54) is 41.8 Å². The average molecular weight is 475 g/mol. The van der Waals surface area contributed by atoms with Crippen molar-refractivity contribution < 1.29 is 27.5 Å². The Kier molecular flexibility index (Phi) is 5.54. The maximum absolute atomic E-state index is 15.0. The number of anilines is 1. The van der Waals surface area contributed by atoms with E-state index in [1.807, 2.05) is 0 Å². The van der Waals surface area contributed by atoms with E-state index < -0.39 is 23.3 Å². The van der Waals surface area contributed by atoms with Crippen molar-refractivity contribution in [3.05, 3.63) is 59.6 Å². The second kappa shape index (κ2) is 8.52. The van der Waals surface area contributed by atoms with Crippen LogP contribution in [0.2, 0.25) is 0 Å². The highest BCUT2D eigenvalue weighted by atomic mass is 32.2. The number of pyridine rings is 1. The molecule has 0 unspecified atom stereocenters. The molecule has 3 heterocycles. The third-order valence-electron chi connectivity index (χ3n) is 5.80. The van der Waals surface area contributed by atoms with Crippen LogP contribution in [-0.2, 0) is 12.1 Å². The molecule has 2 N–H and O–H groups in total. The fraction of sp³-hybridized carbons (Fsp3) is 0.286. The molecule has 1 fully saturated rings. The average Bonchev–Trinajstić information content (AvgIpc) is 3.28. The van der Waals surface area contributed by atoms with Gasteiger partial charge in [0.2, 0.25) is 0 Å². The summed E-state index contributed by atoms with van der Waals surface area (Å²) in [5, 5.41) is 0. The highest BCUT2D eigenvalue weighted by Gasteiger charge is 2.52. The molecule has 1 spiro atoms. The Labute approximate surface area is 191 Å². The summed E-state index contributed by atoms with van der Waals surface area (Å²) in [4.78, 5) is 22.3. The van der Waals surface area contributed by atoms with Crippen LogP contribution in [0.3, 0.4) is 0 Å².